The average molecular weight is 234 g/mol. The van der Waals surface area contributed by atoms with E-state index in [1.54, 1.807) is 4.90 Å². The molecular weight excluding hydrogens is 216 g/mol. The van der Waals surface area contributed by atoms with Crippen LogP contribution in [0, 0.1) is 13.8 Å². The van der Waals surface area contributed by atoms with E-state index in [1.807, 2.05) is 32.0 Å². The van der Waals surface area contributed by atoms with Gasteiger partial charge in [0.25, 0.3) is 5.91 Å². The van der Waals surface area contributed by atoms with Gasteiger partial charge in [-0.2, -0.15) is 0 Å². The summed E-state index contributed by atoms with van der Waals surface area (Å²) < 4.78 is 5.35. The summed E-state index contributed by atoms with van der Waals surface area (Å²) in [6.07, 6.45) is -0.0624. The van der Waals surface area contributed by atoms with Gasteiger partial charge in [0.2, 0.25) is 0 Å². The van der Waals surface area contributed by atoms with Crippen molar-refractivity contribution in [1.82, 2.24) is 0 Å². The van der Waals surface area contributed by atoms with Gasteiger partial charge in [0.1, 0.15) is 6.61 Å². The topological polar surface area (TPSA) is 55.6 Å². The number of hydrogen-bond donors (Lipinski definition) is 1. The fourth-order valence-electron chi connectivity index (χ4n) is 2.03. The molecule has 0 aromatic heterocycles. The quantitative estimate of drug-likeness (QED) is 0.830. The number of nitrogens with zero attached hydrogens (tertiary/aromatic N) is 1. The van der Waals surface area contributed by atoms with Gasteiger partial charge in [-0.3, -0.25) is 4.79 Å². The summed E-state index contributed by atoms with van der Waals surface area (Å²) in [7, 11) is 0. The molecule has 0 aliphatic carbocycles. The molecule has 0 spiro atoms. The molecule has 1 aliphatic rings. The van der Waals surface area contributed by atoms with Crippen molar-refractivity contribution in [2.45, 2.75) is 20.0 Å². The van der Waals surface area contributed by atoms with E-state index in [2.05, 4.69) is 0 Å². The molecule has 1 fully saturated rings. The van der Waals surface area contributed by atoms with Gasteiger partial charge in [0, 0.05) is 12.2 Å². The monoisotopic (exact) mass is 234 g/mol. The Kier molecular flexibility index (Phi) is 3.45. The number of hydrogen-bond acceptors (Lipinski definition) is 3. The van der Waals surface area contributed by atoms with Crippen LogP contribution >= 0.6 is 0 Å². The molecule has 1 aromatic rings. The third kappa shape index (κ3) is 2.33. The molecule has 1 saturated heterocycles. The van der Waals surface area contributed by atoms with Crippen molar-refractivity contribution in [3.8, 4) is 0 Å². The largest absolute Gasteiger partial charge is 0.365 e. The van der Waals surface area contributed by atoms with Crippen molar-refractivity contribution in [3.63, 3.8) is 0 Å². The number of nitrogens with two attached hydrogens (primary N) is 1. The first-order chi connectivity index (χ1) is 8.13. The third-order valence-corrected chi connectivity index (χ3v) is 3.26. The first-order valence-corrected chi connectivity index (χ1v) is 5.81. The molecule has 0 saturated carbocycles. The standard InChI is InChI=1S/C13H18N2O2/c1-9-4-3-5-12(10(9)2)15-7-11(6-14)17-8-13(15)16/h3-5,11H,6-8,14H2,1-2H3. The van der Waals surface area contributed by atoms with Crippen LogP contribution in [0.4, 0.5) is 5.69 Å². The second-order valence-corrected chi connectivity index (χ2v) is 4.39. The molecule has 2 rings (SSSR count). The highest BCUT2D eigenvalue weighted by Crippen LogP contribution is 2.24. The van der Waals surface area contributed by atoms with Gasteiger partial charge >= 0.3 is 0 Å². The van der Waals surface area contributed by atoms with Crippen LogP contribution < -0.4 is 10.6 Å². The van der Waals surface area contributed by atoms with E-state index < -0.39 is 0 Å². The van der Waals surface area contributed by atoms with Crippen molar-refractivity contribution in [2.24, 2.45) is 5.73 Å². The predicted octanol–water partition coefficient (Wildman–Crippen LogP) is 0.994. The van der Waals surface area contributed by atoms with E-state index in [-0.39, 0.29) is 18.6 Å². The molecule has 1 amide bonds. The summed E-state index contributed by atoms with van der Waals surface area (Å²) in [5.74, 6) is 0.00315. The Bertz CT molecular complexity index is 431. The van der Waals surface area contributed by atoms with Crippen LogP contribution in [-0.2, 0) is 9.53 Å². The lowest BCUT2D eigenvalue weighted by Gasteiger charge is -2.33. The lowest BCUT2D eigenvalue weighted by atomic mass is 10.1. The fraction of sp³-hybridized carbons (Fsp3) is 0.462. The summed E-state index contributed by atoms with van der Waals surface area (Å²) in [4.78, 5) is 13.7. The SMILES string of the molecule is Cc1cccc(N2CC(CN)OCC2=O)c1C. The van der Waals surface area contributed by atoms with Crippen LogP contribution in [0.25, 0.3) is 0 Å². The van der Waals surface area contributed by atoms with Gasteiger partial charge in [-0.05, 0) is 31.0 Å². The molecule has 0 bridgehead atoms. The van der Waals surface area contributed by atoms with E-state index in [0.717, 1.165) is 11.3 Å². The highest BCUT2D eigenvalue weighted by atomic mass is 16.5. The minimum absolute atomic E-state index is 0.00315. The highest BCUT2D eigenvalue weighted by Gasteiger charge is 2.27. The lowest BCUT2D eigenvalue weighted by molar-refractivity contribution is -0.128. The molecule has 2 N–H and O–H groups in total. The van der Waals surface area contributed by atoms with Gasteiger partial charge in [-0.25, -0.2) is 0 Å². The van der Waals surface area contributed by atoms with Gasteiger partial charge in [-0.1, -0.05) is 12.1 Å². The zero-order valence-electron chi connectivity index (χ0n) is 10.3. The molecule has 1 aliphatic heterocycles. The molecule has 0 radical (unpaired) electrons. The summed E-state index contributed by atoms with van der Waals surface area (Å²) in [6.45, 7) is 5.18. The summed E-state index contributed by atoms with van der Waals surface area (Å²) in [6, 6.07) is 5.99. The first kappa shape index (κ1) is 12.1. The smallest absolute Gasteiger partial charge is 0.253 e. The second kappa shape index (κ2) is 4.85. The van der Waals surface area contributed by atoms with Crippen molar-refractivity contribution < 1.29 is 9.53 Å². The van der Waals surface area contributed by atoms with E-state index in [0.29, 0.717) is 13.1 Å². The molecular formula is C13H18N2O2. The maximum Gasteiger partial charge on any atom is 0.253 e. The van der Waals surface area contributed by atoms with Crippen molar-refractivity contribution in [1.29, 1.82) is 0 Å². The number of rotatable bonds is 2. The first-order valence-electron chi connectivity index (χ1n) is 5.81. The summed E-state index contributed by atoms with van der Waals surface area (Å²) in [5.41, 5.74) is 8.89. The second-order valence-electron chi connectivity index (χ2n) is 4.39. The van der Waals surface area contributed by atoms with Crippen molar-refractivity contribution in [2.75, 3.05) is 24.6 Å². The maximum absolute atomic E-state index is 11.9. The number of carbonyl (C=O) groups is 1. The normalized spacial score (nSPS) is 20.8. The molecule has 1 heterocycles. The van der Waals surface area contributed by atoms with Gasteiger partial charge in [0.05, 0.1) is 12.6 Å². The van der Waals surface area contributed by atoms with Gasteiger partial charge in [-0.15, -0.1) is 0 Å². The van der Waals surface area contributed by atoms with Crippen molar-refractivity contribution in [3.05, 3.63) is 29.3 Å². The summed E-state index contributed by atoms with van der Waals surface area (Å²) >= 11 is 0. The summed E-state index contributed by atoms with van der Waals surface area (Å²) in [5, 5.41) is 0. The minimum Gasteiger partial charge on any atom is -0.365 e. The Labute approximate surface area is 101 Å². The van der Waals surface area contributed by atoms with Crippen LogP contribution in [0.3, 0.4) is 0 Å². The van der Waals surface area contributed by atoms with Crippen LogP contribution in [0.1, 0.15) is 11.1 Å². The van der Waals surface area contributed by atoms with E-state index in [1.165, 1.54) is 5.56 Å². The number of aryl methyl sites for hydroxylation is 1. The van der Waals surface area contributed by atoms with Crippen LogP contribution in [-0.4, -0.2) is 31.7 Å². The van der Waals surface area contributed by atoms with Gasteiger partial charge < -0.3 is 15.4 Å². The molecule has 4 heteroatoms. The Morgan fingerprint density at radius 2 is 2.24 bits per heavy atom. The third-order valence-electron chi connectivity index (χ3n) is 3.26. The maximum atomic E-state index is 11.9. The number of amides is 1. The zero-order valence-corrected chi connectivity index (χ0v) is 10.3. The van der Waals surface area contributed by atoms with E-state index >= 15 is 0 Å². The Hall–Kier alpha value is -1.39. The molecule has 1 unspecified atom stereocenters. The number of morpholine rings is 1. The Balaban J connectivity index is 2.31. The number of ether oxygens (including phenoxy) is 1. The molecule has 92 valence electrons. The highest BCUT2D eigenvalue weighted by molar-refractivity contribution is 5.95. The number of anilines is 1. The Morgan fingerprint density at radius 3 is 2.94 bits per heavy atom. The van der Waals surface area contributed by atoms with Crippen molar-refractivity contribution >= 4 is 11.6 Å². The van der Waals surface area contributed by atoms with Crippen LogP contribution in [0.15, 0.2) is 18.2 Å². The van der Waals surface area contributed by atoms with Crippen LogP contribution in [0.5, 0.6) is 0 Å². The zero-order chi connectivity index (χ0) is 12.4. The van der Waals surface area contributed by atoms with Gasteiger partial charge in [0.15, 0.2) is 0 Å². The minimum atomic E-state index is -0.0624. The molecule has 4 nitrogen and oxygen atoms in total. The number of benzene rings is 1. The lowest BCUT2D eigenvalue weighted by Crippen LogP contribution is -2.49. The molecule has 1 aromatic carbocycles. The average Bonchev–Trinajstić information content (AvgIpc) is 2.34. The number of carbonyl (C=O) groups excluding carboxylic acids is 1. The molecule has 1 atom stereocenters. The predicted molar refractivity (Wildman–Crippen MR) is 67.1 cm³/mol. The Morgan fingerprint density at radius 1 is 1.47 bits per heavy atom. The van der Waals surface area contributed by atoms with Crippen LogP contribution in [0.2, 0.25) is 0 Å². The molecule has 17 heavy (non-hydrogen) atoms. The fourth-order valence-corrected chi connectivity index (χ4v) is 2.03. The van der Waals surface area contributed by atoms with E-state index in [9.17, 15) is 4.79 Å². The van der Waals surface area contributed by atoms with E-state index in [4.69, 9.17) is 10.5 Å².